The van der Waals surface area contributed by atoms with Gasteiger partial charge in [-0.3, -0.25) is 0 Å². The van der Waals surface area contributed by atoms with Gasteiger partial charge in [-0.15, -0.1) is 11.3 Å². The fourth-order valence-corrected chi connectivity index (χ4v) is 11.8. The van der Waals surface area contributed by atoms with E-state index in [2.05, 4.69) is 215 Å². The van der Waals surface area contributed by atoms with Crippen LogP contribution in [0.1, 0.15) is 22.3 Å². The van der Waals surface area contributed by atoms with Gasteiger partial charge in [0.25, 0.3) is 0 Å². The molecule has 0 atom stereocenters. The number of hydrogen-bond acceptors (Lipinski definition) is 1. The molecule has 9 aromatic carbocycles. The van der Waals surface area contributed by atoms with E-state index in [4.69, 9.17) is 0 Å². The molecule has 0 fully saturated rings. The Morgan fingerprint density at radius 3 is 1.31 bits per heavy atom. The summed E-state index contributed by atoms with van der Waals surface area (Å²) in [6.07, 6.45) is 0. The van der Waals surface area contributed by atoms with Gasteiger partial charge < -0.3 is 9.13 Å². The maximum Gasteiger partial charge on any atom is 0.0728 e. The number of thiophene rings is 1. The SMILES string of the molecule is c1ccc(C2(c3ccccc3)c3cc(-n4c5ccccc5c5ccccc54)ccc3-c3ccc4c(sc5cc(-n6c7ccccc7c7ccccc76)ccc54)c32)cc1. The first-order valence-corrected chi connectivity index (χ1v) is 20.8. The van der Waals surface area contributed by atoms with Crippen molar-refractivity contribution in [3.05, 3.63) is 229 Å². The van der Waals surface area contributed by atoms with Crippen molar-refractivity contribution in [2.24, 2.45) is 0 Å². The van der Waals surface area contributed by atoms with Crippen LogP contribution in [0, 0.1) is 0 Å². The number of para-hydroxylation sites is 4. The van der Waals surface area contributed by atoms with Gasteiger partial charge in [0.2, 0.25) is 0 Å². The summed E-state index contributed by atoms with van der Waals surface area (Å²) in [5, 5.41) is 7.70. The van der Waals surface area contributed by atoms with Gasteiger partial charge in [0.05, 0.1) is 27.5 Å². The number of aromatic nitrogens is 2. The van der Waals surface area contributed by atoms with E-state index in [9.17, 15) is 0 Å². The van der Waals surface area contributed by atoms with Crippen molar-refractivity contribution in [1.29, 1.82) is 0 Å². The molecule has 1 aliphatic rings. The minimum absolute atomic E-state index is 0.558. The van der Waals surface area contributed by atoms with E-state index < -0.39 is 5.41 Å². The molecule has 13 rings (SSSR count). The van der Waals surface area contributed by atoms with Gasteiger partial charge in [0, 0.05) is 53.1 Å². The van der Waals surface area contributed by atoms with Crippen molar-refractivity contribution in [2.45, 2.75) is 5.41 Å². The van der Waals surface area contributed by atoms with Crippen LogP contribution in [-0.2, 0) is 5.41 Å². The Hall–Kier alpha value is -7.20. The monoisotopic (exact) mass is 754 g/mol. The lowest BCUT2D eigenvalue weighted by Crippen LogP contribution is -2.28. The van der Waals surface area contributed by atoms with Gasteiger partial charge in [0.1, 0.15) is 0 Å². The highest BCUT2D eigenvalue weighted by atomic mass is 32.1. The van der Waals surface area contributed by atoms with E-state index in [1.54, 1.807) is 0 Å². The Labute approximate surface area is 339 Å². The van der Waals surface area contributed by atoms with Crippen LogP contribution < -0.4 is 0 Å². The lowest BCUT2D eigenvalue weighted by molar-refractivity contribution is 0.775. The van der Waals surface area contributed by atoms with E-state index >= 15 is 0 Å². The highest BCUT2D eigenvalue weighted by Crippen LogP contribution is 2.60. The minimum Gasteiger partial charge on any atom is -0.309 e. The molecule has 0 aliphatic heterocycles. The van der Waals surface area contributed by atoms with E-state index in [-0.39, 0.29) is 0 Å². The Balaban J connectivity index is 1.12. The Morgan fingerprint density at radius 1 is 0.345 bits per heavy atom. The molecule has 3 heteroatoms. The second kappa shape index (κ2) is 11.9. The summed E-state index contributed by atoms with van der Waals surface area (Å²) in [5.41, 5.74) is 14.5. The van der Waals surface area contributed by atoms with Crippen molar-refractivity contribution in [2.75, 3.05) is 0 Å². The second-order valence-electron chi connectivity index (χ2n) is 15.6. The summed E-state index contributed by atoms with van der Waals surface area (Å²) in [4.78, 5) is 0. The molecule has 0 amide bonds. The van der Waals surface area contributed by atoms with Gasteiger partial charge >= 0.3 is 0 Å². The average molecular weight is 755 g/mol. The van der Waals surface area contributed by atoms with Crippen LogP contribution in [0.4, 0.5) is 0 Å². The molecular formula is C55H34N2S. The molecule has 12 aromatic rings. The quantitative estimate of drug-likeness (QED) is 0.169. The van der Waals surface area contributed by atoms with E-state index in [1.807, 2.05) is 11.3 Å². The Kier molecular flexibility index (Phi) is 6.56. The number of hydrogen-bond donors (Lipinski definition) is 0. The molecule has 0 radical (unpaired) electrons. The largest absolute Gasteiger partial charge is 0.309 e. The molecule has 0 saturated heterocycles. The van der Waals surface area contributed by atoms with Crippen LogP contribution in [0.5, 0.6) is 0 Å². The molecule has 58 heavy (non-hydrogen) atoms. The number of nitrogens with zero attached hydrogens (tertiary/aromatic N) is 2. The molecule has 0 saturated carbocycles. The fourth-order valence-electron chi connectivity index (χ4n) is 10.5. The molecule has 3 aromatic heterocycles. The fraction of sp³-hybridized carbons (Fsp3) is 0.0182. The summed E-state index contributed by atoms with van der Waals surface area (Å²) in [5.74, 6) is 0. The van der Waals surface area contributed by atoms with Crippen LogP contribution in [-0.4, -0.2) is 9.13 Å². The van der Waals surface area contributed by atoms with Crippen LogP contribution in [0.15, 0.2) is 206 Å². The van der Waals surface area contributed by atoms with Crippen molar-refractivity contribution >= 4 is 75.1 Å². The van der Waals surface area contributed by atoms with Crippen LogP contribution >= 0.6 is 11.3 Å². The lowest BCUT2D eigenvalue weighted by Gasteiger charge is -2.34. The van der Waals surface area contributed by atoms with E-state index in [1.165, 1.54) is 109 Å². The summed E-state index contributed by atoms with van der Waals surface area (Å²) < 4.78 is 7.53. The second-order valence-corrected chi connectivity index (χ2v) is 16.7. The van der Waals surface area contributed by atoms with Crippen molar-refractivity contribution in [3.8, 4) is 22.5 Å². The topological polar surface area (TPSA) is 9.86 Å². The first-order valence-electron chi connectivity index (χ1n) is 20.0. The number of benzene rings is 9. The zero-order valence-corrected chi connectivity index (χ0v) is 32.2. The molecule has 2 nitrogen and oxygen atoms in total. The molecule has 0 unspecified atom stereocenters. The normalized spacial score (nSPS) is 13.3. The molecule has 3 heterocycles. The summed E-state index contributed by atoms with van der Waals surface area (Å²) in [6, 6.07) is 76.7. The summed E-state index contributed by atoms with van der Waals surface area (Å²) >= 11 is 1.94. The van der Waals surface area contributed by atoms with Gasteiger partial charge in [-0.2, -0.15) is 0 Å². The molecule has 0 spiro atoms. The zero-order valence-electron chi connectivity index (χ0n) is 31.4. The number of rotatable bonds is 4. The van der Waals surface area contributed by atoms with Gasteiger partial charge in [0.15, 0.2) is 0 Å². The maximum absolute atomic E-state index is 2.49. The highest BCUT2D eigenvalue weighted by Gasteiger charge is 2.48. The first kappa shape index (κ1) is 31.9. The van der Waals surface area contributed by atoms with Gasteiger partial charge in [-0.05, 0) is 81.9 Å². The Bertz CT molecular complexity index is 3480. The standard InChI is InChI=1S/C55H34N2S/c1-3-15-35(16-4-1)55(36-17-5-2-6-18-36)47-33-37(56-48-23-11-7-19-40(48)41-20-8-12-24-49(41)56)27-29-39(47)45-31-32-46-44-30-28-38(34-52(44)58-54(46)53(45)55)57-50-25-13-9-21-42(50)43-22-10-14-26-51(43)57/h1-34H. The summed E-state index contributed by atoms with van der Waals surface area (Å²) in [6.45, 7) is 0. The maximum atomic E-state index is 2.49. The molecular weight excluding hydrogens is 721 g/mol. The molecule has 0 N–H and O–H groups in total. The molecule has 270 valence electrons. The third kappa shape index (κ3) is 4.16. The van der Waals surface area contributed by atoms with Gasteiger partial charge in [-0.1, -0.05) is 158 Å². The van der Waals surface area contributed by atoms with E-state index in [0.717, 1.165) is 0 Å². The Morgan fingerprint density at radius 2 is 0.776 bits per heavy atom. The highest BCUT2D eigenvalue weighted by molar-refractivity contribution is 7.26. The third-order valence-electron chi connectivity index (χ3n) is 12.8. The predicted octanol–water partition coefficient (Wildman–Crippen LogP) is 14.6. The summed E-state index contributed by atoms with van der Waals surface area (Å²) in [7, 11) is 0. The van der Waals surface area contributed by atoms with Gasteiger partial charge in [-0.25, -0.2) is 0 Å². The van der Waals surface area contributed by atoms with E-state index in [0.29, 0.717) is 0 Å². The van der Waals surface area contributed by atoms with Crippen molar-refractivity contribution < 1.29 is 0 Å². The average Bonchev–Trinajstić information content (AvgIpc) is 4.02. The first-order chi connectivity index (χ1) is 28.8. The zero-order chi connectivity index (χ0) is 38.0. The van der Waals surface area contributed by atoms with Crippen LogP contribution in [0.25, 0.3) is 86.3 Å². The van der Waals surface area contributed by atoms with Crippen molar-refractivity contribution in [3.63, 3.8) is 0 Å². The van der Waals surface area contributed by atoms with Crippen molar-refractivity contribution in [1.82, 2.24) is 9.13 Å². The third-order valence-corrected chi connectivity index (χ3v) is 14.0. The smallest absolute Gasteiger partial charge is 0.0728 e. The molecule has 1 aliphatic carbocycles. The lowest BCUT2D eigenvalue weighted by atomic mass is 9.67. The number of fused-ring (bicyclic) bond motifs is 13. The minimum atomic E-state index is -0.558. The predicted molar refractivity (Wildman–Crippen MR) is 245 cm³/mol. The van der Waals surface area contributed by atoms with Crippen LogP contribution in [0.3, 0.4) is 0 Å². The van der Waals surface area contributed by atoms with Crippen LogP contribution in [0.2, 0.25) is 0 Å². The molecule has 0 bridgehead atoms.